The first-order valence-electron chi connectivity index (χ1n) is 8.54. The molecule has 0 aliphatic heterocycles. The summed E-state index contributed by atoms with van der Waals surface area (Å²) in [5, 5.41) is 14.7. The number of nitrogens with one attached hydrogen (secondary N) is 3. The summed E-state index contributed by atoms with van der Waals surface area (Å²) >= 11 is 1.26. The highest BCUT2D eigenvalue weighted by Gasteiger charge is 2.19. The van der Waals surface area contributed by atoms with Crippen LogP contribution < -0.4 is 11.0 Å². The van der Waals surface area contributed by atoms with E-state index in [1.165, 1.54) is 11.8 Å². The molecule has 4 aromatic rings. The number of tetrazole rings is 1. The molecule has 4 rings (SSSR count). The SMILES string of the molecule is Cc1ccc(-n2nnnc2SC(C)C(=O)Nc2ccc3[nH]c(=O)[nH]c3c2)cc1. The lowest BCUT2D eigenvalue weighted by Crippen LogP contribution is -2.22. The summed E-state index contributed by atoms with van der Waals surface area (Å²) < 4.78 is 1.60. The molecular formula is C18H17N7O2S. The number of aromatic amines is 2. The molecule has 3 N–H and O–H groups in total. The van der Waals surface area contributed by atoms with Crippen molar-refractivity contribution >= 4 is 34.4 Å². The van der Waals surface area contributed by atoms with Gasteiger partial charge in [-0.25, -0.2) is 4.79 Å². The Morgan fingerprint density at radius 3 is 2.68 bits per heavy atom. The fourth-order valence-electron chi connectivity index (χ4n) is 2.67. The van der Waals surface area contributed by atoms with E-state index in [4.69, 9.17) is 0 Å². The number of carbonyl (C=O) groups is 1. The van der Waals surface area contributed by atoms with Crippen molar-refractivity contribution in [2.45, 2.75) is 24.3 Å². The van der Waals surface area contributed by atoms with Gasteiger partial charge in [0.05, 0.1) is 22.0 Å². The molecule has 0 saturated heterocycles. The van der Waals surface area contributed by atoms with Crippen LogP contribution >= 0.6 is 11.8 Å². The van der Waals surface area contributed by atoms with Gasteiger partial charge in [-0.05, 0) is 54.6 Å². The van der Waals surface area contributed by atoms with Crippen molar-refractivity contribution < 1.29 is 4.79 Å². The van der Waals surface area contributed by atoms with Crippen LogP contribution in [0.4, 0.5) is 5.69 Å². The summed E-state index contributed by atoms with van der Waals surface area (Å²) in [6, 6.07) is 13.0. The number of hydrogen-bond donors (Lipinski definition) is 3. The van der Waals surface area contributed by atoms with Crippen LogP contribution in [0.1, 0.15) is 12.5 Å². The zero-order chi connectivity index (χ0) is 19.7. The van der Waals surface area contributed by atoms with Gasteiger partial charge in [0, 0.05) is 5.69 Å². The Morgan fingerprint density at radius 1 is 1.14 bits per heavy atom. The Balaban J connectivity index is 1.48. The molecule has 1 amide bonds. The average Bonchev–Trinajstić information content (AvgIpc) is 3.27. The number of fused-ring (bicyclic) bond motifs is 1. The van der Waals surface area contributed by atoms with E-state index in [1.807, 2.05) is 31.2 Å². The number of rotatable bonds is 5. The molecular weight excluding hydrogens is 378 g/mol. The van der Waals surface area contributed by atoms with Crippen LogP contribution in [0.15, 0.2) is 52.4 Å². The molecule has 0 saturated carbocycles. The lowest BCUT2D eigenvalue weighted by Gasteiger charge is -2.12. The lowest BCUT2D eigenvalue weighted by atomic mass is 10.2. The normalized spacial score (nSPS) is 12.2. The minimum Gasteiger partial charge on any atom is -0.325 e. The van der Waals surface area contributed by atoms with Crippen LogP contribution in [-0.2, 0) is 4.79 Å². The number of amides is 1. The predicted octanol–water partition coefficient (Wildman–Crippen LogP) is 2.26. The zero-order valence-electron chi connectivity index (χ0n) is 15.1. The summed E-state index contributed by atoms with van der Waals surface area (Å²) in [6.07, 6.45) is 0. The third-order valence-corrected chi connectivity index (χ3v) is 5.19. The standard InChI is InChI=1S/C18H17N7O2S/c1-10-3-6-13(7-4-10)25-18(22-23-24-25)28-11(2)16(26)19-12-5-8-14-15(9-12)21-17(27)20-14/h3-9,11H,1-2H3,(H,19,26)(H2,20,21,27). The van der Waals surface area contributed by atoms with Crippen molar-refractivity contribution in [3.63, 3.8) is 0 Å². The molecule has 0 radical (unpaired) electrons. The first kappa shape index (κ1) is 18.0. The number of aryl methyl sites for hydroxylation is 1. The maximum atomic E-state index is 12.6. The van der Waals surface area contributed by atoms with Gasteiger partial charge in [-0.2, -0.15) is 4.68 Å². The fraction of sp³-hybridized carbons (Fsp3) is 0.167. The second kappa shape index (κ2) is 7.31. The van der Waals surface area contributed by atoms with Crippen molar-refractivity contribution in [3.8, 4) is 5.69 Å². The van der Waals surface area contributed by atoms with E-state index >= 15 is 0 Å². The molecule has 0 bridgehead atoms. The van der Waals surface area contributed by atoms with Crippen molar-refractivity contribution in [1.82, 2.24) is 30.2 Å². The Bertz CT molecular complexity index is 1190. The average molecular weight is 395 g/mol. The third kappa shape index (κ3) is 3.67. The van der Waals surface area contributed by atoms with E-state index in [0.717, 1.165) is 11.3 Å². The predicted molar refractivity (Wildman–Crippen MR) is 107 cm³/mol. The molecule has 28 heavy (non-hydrogen) atoms. The number of nitrogens with zero attached hydrogens (tertiary/aromatic N) is 4. The maximum absolute atomic E-state index is 12.6. The zero-order valence-corrected chi connectivity index (χ0v) is 15.9. The van der Waals surface area contributed by atoms with E-state index in [0.29, 0.717) is 21.9 Å². The second-order valence-electron chi connectivity index (χ2n) is 6.30. The molecule has 10 heteroatoms. The van der Waals surface area contributed by atoms with E-state index in [2.05, 4.69) is 30.8 Å². The number of imidazole rings is 1. The van der Waals surface area contributed by atoms with Gasteiger partial charge in [0.2, 0.25) is 11.1 Å². The molecule has 1 atom stereocenters. The molecule has 142 valence electrons. The van der Waals surface area contributed by atoms with Crippen LogP contribution in [-0.4, -0.2) is 41.3 Å². The monoisotopic (exact) mass is 395 g/mol. The van der Waals surface area contributed by atoms with Crippen LogP contribution in [0.3, 0.4) is 0 Å². The second-order valence-corrected chi connectivity index (χ2v) is 7.61. The minimum atomic E-state index is -0.434. The van der Waals surface area contributed by atoms with Crippen molar-refractivity contribution in [2.75, 3.05) is 5.32 Å². The van der Waals surface area contributed by atoms with Gasteiger partial charge >= 0.3 is 5.69 Å². The molecule has 0 aliphatic carbocycles. The Labute approximate surface area is 163 Å². The summed E-state index contributed by atoms with van der Waals surface area (Å²) in [7, 11) is 0. The number of thioether (sulfide) groups is 1. The molecule has 2 aromatic heterocycles. The topological polar surface area (TPSA) is 121 Å². The Kier molecular flexibility index (Phi) is 4.70. The smallest absolute Gasteiger partial charge is 0.323 e. The highest BCUT2D eigenvalue weighted by Crippen LogP contribution is 2.24. The maximum Gasteiger partial charge on any atom is 0.323 e. The van der Waals surface area contributed by atoms with E-state index in [9.17, 15) is 9.59 Å². The molecule has 1 unspecified atom stereocenters. The number of benzene rings is 2. The van der Waals surface area contributed by atoms with E-state index < -0.39 is 5.25 Å². The minimum absolute atomic E-state index is 0.194. The van der Waals surface area contributed by atoms with Gasteiger partial charge in [-0.3, -0.25) is 4.79 Å². The molecule has 0 aliphatic rings. The van der Waals surface area contributed by atoms with Crippen LogP contribution in [0, 0.1) is 6.92 Å². The van der Waals surface area contributed by atoms with Crippen LogP contribution in [0.2, 0.25) is 0 Å². The number of H-pyrrole nitrogens is 2. The summed E-state index contributed by atoms with van der Waals surface area (Å²) in [5.41, 5.74) is 3.59. The molecule has 2 aromatic carbocycles. The highest BCUT2D eigenvalue weighted by atomic mass is 32.2. The first-order valence-corrected chi connectivity index (χ1v) is 9.42. The number of aromatic nitrogens is 6. The van der Waals surface area contributed by atoms with Gasteiger partial charge in [-0.15, -0.1) is 5.10 Å². The van der Waals surface area contributed by atoms with Crippen LogP contribution in [0.25, 0.3) is 16.7 Å². The molecule has 0 fully saturated rings. The Hall–Kier alpha value is -3.40. The summed E-state index contributed by atoms with van der Waals surface area (Å²) in [4.78, 5) is 29.3. The quantitative estimate of drug-likeness (QED) is 0.446. The highest BCUT2D eigenvalue weighted by molar-refractivity contribution is 8.00. The fourth-order valence-corrected chi connectivity index (χ4v) is 3.47. The van der Waals surface area contributed by atoms with E-state index in [1.54, 1.807) is 29.8 Å². The van der Waals surface area contributed by atoms with Crippen LogP contribution in [0.5, 0.6) is 0 Å². The number of anilines is 1. The third-order valence-electron chi connectivity index (χ3n) is 4.15. The first-order chi connectivity index (χ1) is 13.5. The van der Waals surface area contributed by atoms with Gasteiger partial charge in [0.25, 0.3) is 0 Å². The lowest BCUT2D eigenvalue weighted by molar-refractivity contribution is -0.115. The Morgan fingerprint density at radius 2 is 1.89 bits per heavy atom. The molecule has 0 spiro atoms. The summed E-state index contributed by atoms with van der Waals surface area (Å²) in [6.45, 7) is 3.79. The van der Waals surface area contributed by atoms with Crippen molar-refractivity contribution in [3.05, 3.63) is 58.5 Å². The number of carbonyl (C=O) groups excluding carboxylic acids is 1. The van der Waals surface area contributed by atoms with Crippen molar-refractivity contribution in [2.24, 2.45) is 0 Å². The molecule has 2 heterocycles. The van der Waals surface area contributed by atoms with Gasteiger partial charge in [0.15, 0.2) is 0 Å². The largest absolute Gasteiger partial charge is 0.325 e. The van der Waals surface area contributed by atoms with Crippen molar-refractivity contribution in [1.29, 1.82) is 0 Å². The molecule has 9 nitrogen and oxygen atoms in total. The number of hydrogen-bond acceptors (Lipinski definition) is 6. The van der Waals surface area contributed by atoms with E-state index in [-0.39, 0.29) is 11.6 Å². The van der Waals surface area contributed by atoms with Gasteiger partial charge in [-0.1, -0.05) is 29.5 Å². The van der Waals surface area contributed by atoms with Gasteiger partial charge in [0.1, 0.15) is 0 Å². The van der Waals surface area contributed by atoms with Gasteiger partial charge < -0.3 is 15.3 Å². The summed E-state index contributed by atoms with van der Waals surface area (Å²) in [5.74, 6) is -0.194.